The van der Waals surface area contributed by atoms with Crippen LogP contribution in [0.3, 0.4) is 0 Å². The zero-order valence-electron chi connectivity index (χ0n) is 7.88. The summed E-state index contributed by atoms with van der Waals surface area (Å²) in [5.74, 6) is -0.0907. The fourth-order valence-electron chi connectivity index (χ4n) is 1.23. The van der Waals surface area contributed by atoms with Gasteiger partial charge in [-0.25, -0.2) is 0 Å². The van der Waals surface area contributed by atoms with Gasteiger partial charge in [0, 0.05) is 10.0 Å². The molecule has 0 saturated heterocycles. The summed E-state index contributed by atoms with van der Waals surface area (Å²) in [5, 5.41) is 9.77. The molecule has 0 atom stereocenters. The largest absolute Gasteiger partial charge is 0.507 e. The molecule has 0 aromatic heterocycles. The van der Waals surface area contributed by atoms with Gasteiger partial charge in [0.1, 0.15) is 5.75 Å². The van der Waals surface area contributed by atoms with E-state index in [0.29, 0.717) is 17.5 Å². The maximum absolute atomic E-state index is 11.1. The molecule has 0 saturated carbocycles. The van der Waals surface area contributed by atoms with Crippen molar-refractivity contribution in [3.63, 3.8) is 0 Å². The Bertz CT molecular complexity index is 383. The van der Waals surface area contributed by atoms with Crippen LogP contribution >= 0.6 is 15.9 Å². The number of hydrogen-bond acceptors (Lipinski definition) is 2. The average molecular weight is 255 g/mol. The maximum atomic E-state index is 11.1. The summed E-state index contributed by atoms with van der Waals surface area (Å²) in [5.41, 5.74) is 1.05. The van der Waals surface area contributed by atoms with E-state index < -0.39 is 0 Å². The van der Waals surface area contributed by atoms with Gasteiger partial charge in [-0.1, -0.05) is 22.0 Å². The molecule has 0 aliphatic carbocycles. The smallest absolute Gasteiger partial charge is 0.163 e. The predicted molar refractivity (Wildman–Crippen MR) is 59.7 cm³/mol. The lowest BCUT2D eigenvalue weighted by atomic mass is 10.0. The lowest BCUT2D eigenvalue weighted by molar-refractivity contribution is 0.101. The Hall–Kier alpha value is -1.09. The first-order valence-corrected chi connectivity index (χ1v) is 4.99. The third-order valence-corrected chi connectivity index (χ3v) is 2.70. The van der Waals surface area contributed by atoms with Crippen molar-refractivity contribution in [2.45, 2.75) is 13.3 Å². The number of phenolic OH excluding ortho intramolecular Hbond substituents is 1. The number of Topliss-reactive ketones (excluding diaryl/α,β-unsaturated/α-hetero) is 1. The second-order valence-corrected chi connectivity index (χ2v) is 3.83. The zero-order valence-corrected chi connectivity index (χ0v) is 9.47. The molecule has 1 rings (SSSR count). The van der Waals surface area contributed by atoms with E-state index in [1.165, 1.54) is 6.92 Å². The number of carbonyl (C=O) groups excluding carboxylic acids is 1. The van der Waals surface area contributed by atoms with Crippen molar-refractivity contribution in [2.75, 3.05) is 0 Å². The summed E-state index contributed by atoms with van der Waals surface area (Å²) in [4.78, 5) is 11.1. The number of rotatable bonds is 3. The molecule has 1 aromatic carbocycles. The minimum atomic E-state index is -0.139. The molecule has 74 valence electrons. The molecular formula is C11H11BrO2. The molecule has 0 aliphatic heterocycles. The van der Waals surface area contributed by atoms with E-state index in [-0.39, 0.29) is 11.5 Å². The highest BCUT2D eigenvalue weighted by Crippen LogP contribution is 2.30. The van der Waals surface area contributed by atoms with Crippen LogP contribution in [0.5, 0.6) is 5.75 Å². The molecule has 0 radical (unpaired) electrons. The van der Waals surface area contributed by atoms with Gasteiger partial charge in [-0.2, -0.15) is 0 Å². The van der Waals surface area contributed by atoms with Gasteiger partial charge in [-0.15, -0.1) is 6.58 Å². The number of carbonyl (C=O) groups is 1. The molecule has 0 amide bonds. The quantitative estimate of drug-likeness (QED) is 0.665. The van der Waals surface area contributed by atoms with E-state index in [1.54, 1.807) is 18.2 Å². The standard InChI is InChI=1S/C11H11BrO2/c1-3-4-9-10(12)6-5-8(7(2)13)11(9)14/h3,5-6,14H,1,4H2,2H3. The van der Waals surface area contributed by atoms with Gasteiger partial charge >= 0.3 is 0 Å². The van der Waals surface area contributed by atoms with Crippen molar-refractivity contribution in [1.29, 1.82) is 0 Å². The minimum Gasteiger partial charge on any atom is -0.507 e. The number of phenols is 1. The van der Waals surface area contributed by atoms with E-state index in [0.717, 1.165) is 4.47 Å². The van der Waals surface area contributed by atoms with Crippen molar-refractivity contribution in [1.82, 2.24) is 0 Å². The van der Waals surface area contributed by atoms with Crippen LogP contribution in [0.2, 0.25) is 0 Å². The van der Waals surface area contributed by atoms with Gasteiger partial charge in [0.15, 0.2) is 5.78 Å². The van der Waals surface area contributed by atoms with Crippen molar-refractivity contribution in [3.05, 3.63) is 40.4 Å². The van der Waals surface area contributed by atoms with Crippen LogP contribution in [-0.2, 0) is 6.42 Å². The van der Waals surface area contributed by atoms with Crippen molar-refractivity contribution >= 4 is 21.7 Å². The maximum Gasteiger partial charge on any atom is 0.163 e. The van der Waals surface area contributed by atoms with Gasteiger partial charge in [0.05, 0.1) is 5.56 Å². The molecule has 1 N–H and O–H groups in total. The van der Waals surface area contributed by atoms with E-state index >= 15 is 0 Å². The lowest BCUT2D eigenvalue weighted by Crippen LogP contribution is -1.96. The zero-order chi connectivity index (χ0) is 10.7. The molecule has 0 heterocycles. The van der Waals surface area contributed by atoms with Crippen LogP contribution in [-0.4, -0.2) is 10.9 Å². The number of allylic oxidation sites excluding steroid dienone is 1. The second-order valence-electron chi connectivity index (χ2n) is 2.97. The van der Waals surface area contributed by atoms with Crippen LogP contribution in [0.15, 0.2) is 29.3 Å². The first kappa shape index (κ1) is 11.0. The monoisotopic (exact) mass is 254 g/mol. The molecular weight excluding hydrogens is 244 g/mol. The van der Waals surface area contributed by atoms with Crippen LogP contribution < -0.4 is 0 Å². The Balaban J connectivity index is 3.32. The van der Waals surface area contributed by atoms with Gasteiger partial charge in [0.25, 0.3) is 0 Å². The molecule has 0 fully saturated rings. The highest BCUT2D eigenvalue weighted by atomic mass is 79.9. The Morgan fingerprint density at radius 3 is 2.79 bits per heavy atom. The fraction of sp³-hybridized carbons (Fsp3) is 0.182. The minimum absolute atomic E-state index is 0.0479. The van der Waals surface area contributed by atoms with E-state index in [4.69, 9.17) is 0 Å². The van der Waals surface area contributed by atoms with E-state index in [1.807, 2.05) is 0 Å². The van der Waals surface area contributed by atoms with Crippen molar-refractivity contribution < 1.29 is 9.90 Å². The van der Waals surface area contributed by atoms with Crippen LogP contribution in [0.25, 0.3) is 0 Å². The summed E-state index contributed by atoms with van der Waals surface area (Å²) >= 11 is 3.31. The normalized spacial score (nSPS) is 9.86. The van der Waals surface area contributed by atoms with Gasteiger partial charge < -0.3 is 5.11 Å². The van der Waals surface area contributed by atoms with Crippen molar-refractivity contribution in [3.8, 4) is 5.75 Å². The summed E-state index contributed by atoms with van der Waals surface area (Å²) in [7, 11) is 0. The molecule has 2 nitrogen and oxygen atoms in total. The SMILES string of the molecule is C=CCc1c(Br)ccc(C(C)=O)c1O. The Labute approximate surface area is 91.4 Å². The number of halogens is 1. The highest BCUT2D eigenvalue weighted by molar-refractivity contribution is 9.10. The van der Waals surface area contributed by atoms with Gasteiger partial charge in [-0.05, 0) is 25.5 Å². The first-order chi connectivity index (χ1) is 6.57. The first-order valence-electron chi connectivity index (χ1n) is 4.20. The Morgan fingerprint density at radius 1 is 1.64 bits per heavy atom. The molecule has 1 aromatic rings. The molecule has 14 heavy (non-hydrogen) atoms. The lowest BCUT2D eigenvalue weighted by Gasteiger charge is -2.08. The summed E-state index contributed by atoms with van der Waals surface area (Å²) in [6.07, 6.45) is 2.22. The van der Waals surface area contributed by atoms with E-state index in [2.05, 4.69) is 22.5 Å². The topological polar surface area (TPSA) is 37.3 Å². The Morgan fingerprint density at radius 2 is 2.29 bits per heavy atom. The number of hydrogen-bond donors (Lipinski definition) is 1. The average Bonchev–Trinajstić information content (AvgIpc) is 2.11. The molecule has 0 spiro atoms. The van der Waals surface area contributed by atoms with Gasteiger partial charge in [-0.3, -0.25) is 4.79 Å². The molecule has 3 heteroatoms. The van der Waals surface area contributed by atoms with Gasteiger partial charge in [0.2, 0.25) is 0 Å². The van der Waals surface area contributed by atoms with Crippen LogP contribution in [0.1, 0.15) is 22.8 Å². The second kappa shape index (κ2) is 4.42. The highest BCUT2D eigenvalue weighted by Gasteiger charge is 2.12. The van der Waals surface area contributed by atoms with E-state index in [9.17, 15) is 9.90 Å². The molecule has 0 unspecified atom stereocenters. The van der Waals surface area contributed by atoms with Crippen LogP contribution in [0, 0.1) is 0 Å². The third kappa shape index (κ3) is 2.04. The van der Waals surface area contributed by atoms with Crippen molar-refractivity contribution in [2.24, 2.45) is 0 Å². The fourth-order valence-corrected chi connectivity index (χ4v) is 1.72. The summed E-state index contributed by atoms with van der Waals surface area (Å²) in [6.45, 7) is 5.03. The predicted octanol–water partition coefficient (Wildman–Crippen LogP) is 3.09. The molecule has 0 bridgehead atoms. The summed E-state index contributed by atoms with van der Waals surface area (Å²) < 4.78 is 0.792. The molecule has 0 aliphatic rings. The Kier molecular flexibility index (Phi) is 3.47. The van der Waals surface area contributed by atoms with Crippen LogP contribution in [0.4, 0.5) is 0 Å². The summed E-state index contributed by atoms with van der Waals surface area (Å²) in [6, 6.07) is 3.36. The number of aromatic hydroxyl groups is 1. The number of benzene rings is 1. The third-order valence-electron chi connectivity index (χ3n) is 1.95. The number of ketones is 1.